The number of nitrogens with zero attached hydrogens (tertiary/aromatic N) is 3. The molecule has 1 aromatic carbocycles. The molecule has 5 nitrogen and oxygen atoms in total. The summed E-state index contributed by atoms with van der Waals surface area (Å²) in [5.41, 5.74) is 3.26. The minimum absolute atomic E-state index is 0.00833. The van der Waals surface area contributed by atoms with E-state index in [4.69, 9.17) is 4.52 Å². The van der Waals surface area contributed by atoms with Crippen LogP contribution in [-0.4, -0.2) is 33.5 Å². The normalized spacial score (nSPS) is 16.8. The van der Waals surface area contributed by atoms with E-state index in [1.165, 1.54) is 0 Å². The lowest BCUT2D eigenvalue weighted by molar-refractivity contribution is 0.0735. The van der Waals surface area contributed by atoms with Gasteiger partial charge in [0, 0.05) is 30.5 Å². The van der Waals surface area contributed by atoms with Crippen LogP contribution in [0, 0.1) is 6.92 Å². The lowest BCUT2D eigenvalue weighted by atomic mass is 10.0. The molecule has 3 aromatic rings. The van der Waals surface area contributed by atoms with Gasteiger partial charge in [0.25, 0.3) is 5.91 Å². The molecule has 0 bridgehead atoms. The van der Waals surface area contributed by atoms with Crippen LogP contribution >= 0.6 is 0 Å². The highest BCUT2D eigenvalue weighted by molar-refractivity contribution is 6.01. The number of likely N-dealkylation sites (tertiary alicyclic amines) is 1. The van der Waals surface area contributed by atoms with Crippen molar-refractivity contribution in [3.8, 4) is 11.3 Å². The van der Waals surface area contributed by atoms with Gasteiger partial charge in [-0.05, 0) is 37.8 Å². The summed E-state index contributed by atoms with van der Waals surface area (Å²) in [6.07, 6.45) is 6.49. The summed E-state index contributed by atoms with van der Waals surface area (Å²) in [7, 11) is 0. The summed E-state index contributed by atoms with van der Waals surface area (Å²) >= 11 is 0. The number of hydrogen-bond donors (Lipinski definition) is 0. The predicted molar refractivity (Wildman–Crippen MR) is 98.7 cm³/mol. The quantitative estimate of drug-likeness (QED) is 0.718. The molecule has 132 valence electrons. The monoisotopic (exact) mass is 347 g/mol. The molecule has 3 heterocycles. The van der Waals surface area contributed by atoms with E-state index < -0.39 is 0 Å². The van der Waals surface area contributed by atoms with Crippen molar-refractivity contribution in [2.75, 3.05) is 6.54 Å². The molecule has 0 saturated carbocycles. The van der Waals surface area contributed by atoms with Crippen molar-refractivity contribution in [2.45, 2.75) is 32.2 Å². The molecule has 1 aliphatic heterocycles. The molecule has 1 aliphatic rings. The van der Waals surface area contributed by atoms with Gasteiger partial charge >= 0.3 is 0 Å². The topological polar surface area (TPSA) is 59.2 Å². The summed E-state index contributed by atoms with van der Waals surface area (Å²) in [5.74, 6) is 0.579. The minimum Gasteiger partial charge on any atom is -0.360 e. The maximum atomic E-state index is 13.3. The van der Waals surface area contributed by atoms with E-state index in [-0.39, 0.29) is 11.9 Å². The average Bonchev–Trinajstić information content (AvgIpc) is 3.29. The molecular formula is C21H21N3O2. The van der Waals surface area contributed by atoms with Gasteiger partial charge < -0.3 is 9.42 Å². The van der Waals surface area contributed by atoms with Gasteiger partial charge in [-0.15, -0.1) is 0 Å². The van der Waals surface area contributed by atoms with Crippen LogP contribution in [-0.2, 0) is 6.42 Å². The Labute approximate surface area is 152 Å². The zero-order valence-corrected chi connectivity index (χ0v) is 14.8. The molecule has 0 spiro atoms. The minimum atomic E-state index is 0.00833. The van der Waals surface area contributed by atoms with Crippen LogP contribution in [0.4, 0.5) is 0 Å². The Morgan fingerprint density at radius 3 is 2.85 bits per heavy atom. The van der Waals surface area contributed by atoms with Crippen molar-refractivity contribution < 1.29 is 9.32 Å². The fourth-order valence-corrected chi connectivity index (χ4v) is 3.67. The van der Waals surface area contributed by atoms with Crippen LogP contribution in [0.2, 0.25) is 0 Å². The van der Waals surface area contributed by atoms with Gasteiger partial charge in [-0.25, -0.2) is 0 Å². The molecule has 26 heavy (non-hydrogen) atoms. The van der Waals surface area contributed by atoms with E-state index in [0.717, 1.165) is 36.9 Å². The van der Waals surface area contributed by atoms with Crippen LogP contribution in [0.3, 0.4) is 0 Å². The van der Waals surface area contributed by atoms with Crippen LogP contribution < -0.4 is 0 Å². The maximum absolute atomic E-state index is 13.3. The maximum Gasteiger partial charge on any atom is 0.260 e. The lowest BCUT2D eigenvalue weighted by Crippen LogP contribution is -2.37. The summed E-state index contributed by atoms with van der Waals surface area (Å²) in [6.45, 7) is 2.57. The van der Waals surface area contributed by atoms with E-state index in [1.54, 1.807) is 13.1 Å². The standard InChI is InChI=1S/C21H21N3O2/c1-15-19(20(23-26-15)17-8-3-2-4-9-17)21(25)24-12-6-10-18(24)13-16-7-5-11-22-14-16/h2-5,7-9,11,14,18H,6,10,12-13H2,1H3. The van der Waals surface area contributed by atoms with Gasteiger partial charge in [0.05, 0.1) is 0 Å². The zero-order chi connectivity index (χ0) is 17.9. The van der Waals surface area contributed by atoms with Gasteiger partial charge in [-0.2, -0.15) is 0 Å². The molecule has 1 saturated heterocycles. The Hall–Kier alpha value is -2.95. The first-order chi connectivity index (χ1) is 12.7. The first kappa shape index (κ1) is 16.5. The number of benzene rings is 1. The second kappa shape index (κ2) is 7.12. The molecule has 1 atom stereocenters. The summed E-state index contributed by atoms with van der Waals surface area (Å²) < 4.78 is 5.38. The third-order valence-corrected chi connectivity index (χ3v) is 4.96. The van der Waals surface area contributed by atoms with Crippen molar-refractivity contribution in [3.05, 3.63) is 71.7 Å². The summed E-state index contributed by atoms with van der Waals surface area (Å²) in [5, 5.41) is 4.15. The van der Waals surface area contributed by atoms with E-state index >= 15 is 0 Å². The Morgan fingerprint density at radius 1 is 1.23 bits per heavy atom. The molecular weight excluding hydrogens is 326 g/mol. The third kappa shape index (κ3) is 3.12. The second-order valence-corrected chi connectivity index (χ2v) is 6.69. The third-order valence-electron chi connectivity index (χ3n) is 4.96. The van der Waals surface area contributed by atoms with Crippen molar-refractivity contribution in [1.29, 1.82) is 0 Å². The summed E-state index contributed by atoms with van der Waals surface area (Å²) in [6, 6.07) is 13.9. The van der Waals surface area contributed by atoms with Crippen molar-refractivity contribution in [3.63, 3.8) is 0 Å². The molecule has 0 radical (unpaired) electrons. The van der Waals surface area contributed by atoms with Crippen molar-refractivity contribution >= 4 is 5.91 Å². The van der Waals surface area contributed by atoms with Crippen molar-refractivity contribution in [2.24, 2.45) is 0 Å². The Bertz CT molecular complexity index is 890. The van der Waals surface area contributed by atoms with Crippen molar-refractivity contribution in [1.82, 2.24) is 15.0 Å². The fraction of sp³-hybridized carbons (Fsp3) is 0.286. The zero-order valence-electron chi connectivity index (χ0n) is 14.8. The van der Waals surface area contributed by atoms with E-state index in [0.29, 0.717) is 17.0 Å². The number of hydrogen-bond acceptors (Lipinski definition) is 4. The van der Waals surface area contributed by atoms with E-state index in [1.807, 2.05) is 47.5 Å². The van der Waals surface area contributed by atoms with Crippen LogP contribution in [0.15, 0.2) is 59.4 Å². The Morgan fingerprint density at radius 2 is 2.08 bits per heavy atom. The number of pyridine rings is 1. The predicted octanol–water partition coefficient (Wildman–Crippen LogP) is 3.89. The highest BCUT2D eigenvalue weighted by Crippen LogP contribution is 2.30. The molecule has 1 fully saturated rings. The lowest BCUT2D eigenvalue weighted by Gasteiger charge is -2.25. The first-order valence-electron chi connectivity index (χ1n) is 8.95. The Balaban J connectivity index is 1.62. The van der Waals surface area contributed by atoms with Crippen LogP contribution in [0.1, 0.15) is 34.5 Å². The van der Waals surface area contributed by atoms with Gasteiger partial charge in [-0.3, -0.25) is 9.78 Å². The first-order valence-corrected chi connectivity index (χ1v) is 8.95. The van der Waals surface area contributed by atoms with E-state index in [2.05, 4.69) is 16.2 Å². The number of aryl methyl sites for hydroxylation is 1. The van der Waals surface area contributed by atoms with Gasteiger partial charge in [-0.1, -0.05) is 41.6 Å². The molecule has 1 amide bonds. The average molecular weight is 347 g/mol. The number of amides is 1. The number of rotatable bonds is 4. The number of aromatic nitrogens is 2. The molecule has 4 rings (SSSR count). The van der Waals surface area contributed by atoms with Gasteiger partial charge in [0.2, 0.25) is 0 Å². The SMILES string of the molecule is Cc1onc(-c2ccccc2)c1C(=O)N1CCCC1Cc1cccnc1. The molecule has 1 unspecified atom stereocenters. The largest absolute Gasteiger partial charge is 0.360 e. The smallest absolute Gasteiger partial charge is 0.260 e. The highest BCUT2D eigenvalue weighted by atomic mass is 16.5. The summed E-state index contributed by atoms with van der Waals surface area (Å²) in [4.78, 5) is 19.5. The van der Waals surface area contributed by atoms with Crippen LogP contribution in [0.25, 0.3) is 11.3 Å². The Kier molecular flexibility index (Phi) is 4.52. The second-order valence-electron chi connectivity index (χ2n) is 6.69. The molecule has 2 aromatic heterocycles. The highest BCUT2D eigenvalue weighted by Gasteiger charge is 2.33. The van der Waals surface area contributed by atoms with Gasteiger partial charge in [0.1, 0.15) is 17.0 Å². The molecule has 5 heteroatoms. The van der Waals surface area contributed by atoms with Gasteiger partial charge in [0.15, 0.2) is 0 Å². The molecule has 0 aliphatic carbocycles. The molecule has 0 N–H and O–H groups in total. The van der Waals surface area contributed by atoms with E-state index in [9.17, 15) is 4.79 Å². The number of carbonyl (C=O) groups is 1. The number of carbonyl (C=O) groups excluding carboxylic acids is 1. The fourth-order valence-electron chi connectivity index (χ4n) is 3.67. The van der Waals surface area contributed by atoms with Crippen LogP contribution in [0.5, 0.6) is 0 Å².